The molecule has 17 heavy (non-hydrogen) atoms. The van der Waals surface area contributed by atoms with E-state index in [1.165, 1.54) is 4.90 Å². The minimum atomic E-state index is -0.980. The summed E-state index contributed by atoms with van der Waals surface area (Å²) >= 11 is 0. The van der Waals surface area contributed by atoms with Crippen molar-refractivity contribution >= 4 is 12.0 Å². The van der Waals surface area contributed by atoms with E-state index in [0.29, 0.717) is 19.6 Å². The lowest BCUT2D eigenvalue weighted by molar-refractivity contribution is -0.137. The predicted molar refractivity (Wildman–Crippen MR) is 61.9 cm³/mol. The van der Waals surface area contributed by atoms with Gasteiger partial charge in [0.2, 0.25) is 0 Å². The van der Waals surface area contributed by atoms with Crippen LogP contribution in [-0.4, -0.2) is 66.3 Å². The maximum atomic E-state index is 12.0. The van der Waals surface area contributed by atoms with E-state index < -0.39 is 5.97 Å². The Bertz CT molecular complexity index is 275. The molecule has 0 bridgehead atoms. The fourth-order valence-electron chi connectivity index (χ4n) is 1.96. The number of amides is 2. The molecule has 1 rings (SSSR count). The first-order chi connectivity index (χ1) is 8.08. The molecule has 98 valence electrons. The second-order valence-electron chi connectivity index (χ2n) is 4.11. The molecule has 0 aromatic heterocycles. The highest BCUT2D eigenvalue weighted by Crippen LogP contribution is 2.14. The first-order valence-corrected chi connectivity index (χ1v) is 5.87. The van der Waals surface area contributed by atoms with Crippen LogP contribution < -0.4 is 0 Å². The van der Waals surface area contributed by atoms with E-state index >= 15 is 0 Å². The van der Waals surface area contributed by atoms with Crippen molar-refractivity contribution in [1.29, 1.82) is 0 Å². The van der Waals surface area contributed by atoms with Gasteiger partial charge in [-0.2, -0.15) is 0 Å². The van der Waals surface area contributed by atoms with Gasteiger partial charge in [0.1, 0.15) is 6.54 Å². The van der Waals surface area contributed by atoms with E-state index in [2.05, 4.69) is 0 Å². The Kier molecular flexibility index (Phi) is 5.21. The molecule has 0 aliphatic carbocycles. The van der Waals surface area contributed by atoms with Crippen molar-refractivity contribution in [2.75, 3.05) is 33.3 Å². The van der Waals surface area contributed by atoms with Gasteiger partial charge in [0, 0.05) is 26.7 Å². The van der Waals surface area contributed by atoms with Gasteiger partial charge >= 0.3 is 12.0 Å². The Morgan fingerprint density at radius 2 is 2.00 bits per heavy atom. The number of piperidine rings is 1. The molecule has 0 saturated carbocycles. The maximum absolute atomic E-state index is 12.0. The van der Waals surface area contributed by atoms with Crippen LogP contribution >= 0.6 is 0 Å². The Hall–Kier alpha value is -1.30. The van der Waals surface area contributed by atoms with Crippen LogP contribution in [0.2, 0.25) is 0 Å². The number of ether oxygens (including phenoxy) is 1. The molecule has 0 atom stereocenters. The number of methoxy groups -OCH3 is 1. The third kappa shape index (κ3) is 3.89. The van der Waals surface area contributed by atoms with Gasteiger partial charge in [-0.25, -0.2) is 4.79 Å². The molecule has 1 aliphatic rings. The quantitative estimate of drug-likeness (QED) is 0.787. The van der Waals surface area contributed by atoms with Gasteiger partial charge in [0.25, 0.3) is 0 Å². The van der Waals surface area contributed by atoms with Crippen LogP contribution in [0.25, 0.3) is 0 Å². The standard InChI is InChI=1S/C11H20N2O4/c1-3-12(8-10(14)15)11(16)13-6-4-9(17-2)5-7-13/h9H,3-8H2,1-2H3,(H,14,15). The molecule has 0 radical (unpaired) electrons. The molecule has 0 unspecified atom stereocenters. The first kappa shape index (κ1) is 13.8. The number of hydrogen-bond donors (Lipinski definition) is 1. The molecular formula is C11H20N2O4. The number of carboxylic acid groups (broad SMARTS) is 1. The highest BCUT2D eigenvalue weighted by molar-refractivity contribution is 5.80. The SMILES string of the molecule is CCN(CC(=O)O)C(=O)N1CCC(OC)CC1. The summed E-state index contributed by atoms with van der Waals surface area (Å²) in [6.45, 7) is 3.22. The molecule has 1 saturated heterocycles. The largest absolute Gasteiger partial charge is 0.480 e. The van der Waals surface area contributed by atoms with Crippen LogP contribution in [0, 0.1) is 0 Å². The summed E-state index contributed by atoms with van der Waals surface area (Å²) in [6, 6.07) is -0.190. The van der Waals surface area contributed by atoms with Crippen molar-refractivity contribution in [2.24, 2.45) is 0 Å². The number of carbonyl (C=O) groups excluding carboxylic acids is 1. The Balaban J connectivity index is 2.48. The van der Waals surface area contributed by atoms with Crippen molar-refractivity contribution in [2.45, 2.75) is 25.9 Å². The van der Waals surface area contributed by atoms with Crippen LogP contribution in [0.5, 0.6) is 0 Å². The third-order valence-electron chi connectivity index (χ3n) is 3.02. The van der Waals surface area contributed by atoms with Gasteiger partial charge in [-0.15, -0.1) is 0 Å². The van der Waals surface area contributed by atoms with Gasteiger partial charge in [-0.1, -0.05) is 0 Å². The number of hydrogen-bond acceptors (Lipinski definition) is 3. The average Bonchev–Trinajstić information content (AvgIpc) is 2.35. The van der Waals surface area contributed by atoms with Gasteiger partial charge < -0.3 is 19.6 Å². The zero-order chi connectivity index (χ0) is 12.8. The highest BCUT2D eigenvalue weighted by Gasteiger charge is 2.26. The fraction of sp³-hybridized carbons (Fsp3) is 0.818. The van der Waals surface area contributed by atoms with Gasteiger partial charge in [-0.05, 0) is 19.8 Å². The Morgan fingerprint density at radius 3 is 2.41 bits per heavy atom. The summed E-state index contributed by atoms with van der Waals surface area (Å²) in [5, 5.41) is 8.71. The van der Waals surface area contributed by atoms with E-state index in [0.717, 1.165) is 12.8 Å². The molecule has 0 aromatic carbocycles. The summed E-state index contributed by atoms with van der Waals surface area (Å²) in [7, 11) is 1.67. The Labute approximate surface area is 101 Å². The lowest BCUT2D eigenvalue weighted by Gasteiger charge is -2.34. The van der Waals surface area contributed by atoms with Crippen molar-refractivity contribution < 1.29 is 19.4 Å². The fourth-order valence-corrected chi connectivity index (χ4v) is 1.96. The number of carbonyl (C=O) groups is 2. The topological polar surface area (TPSA) is 70.1 Å². The number of likely N-dealkylation sites (N-methyl/N-ethyl adjacent to an activating group) is 1. The van der Waals surface area contributed by atoms with E-state index in [1.807, 2.05) is 0 Å². The summed E-state index contributed by atoms with van der Waals surface area (Å²) in [5.41, 5.74) is 0. The van der Waals surface area contributed by atoms with E-state index in [1.54, 1.807) is 18.9 Å². The minimum absolute atomic E-state index is 0.190. The van der Waals surface area contributed by atoms with Crippen LogP contribution in [0.1, 0.15) is 19.8 Å². The highest BCUT2D eigenvalue weighted by atomic mass is 16.5. The number of nitrogens with zero attached hydrogens (tertiary/aromatic N) is 2. The van der Waals surface area contributed by atoms with Crippen molar-refractivity contribution in [3.8, 4) is 0 Å². The Morgan fingerprint density at radius 1 is 1.41 bits per heavy atom. The second kappa shape index (κ2) is 6.44. The molecule has 6 nitrogen and oxygen atoms in total. The van der Waals surface area contributed by atoms with Crippen LogP contribution in [0.3, 0.4) is 0 Å². The normalized spacial score (nSPS) is 16.9. The van der Waals surface area contributed by atoms with Crippen molar-refractivity contribution in [3.63, 3.8) is 0 Å². The second-order valence-corrected chi connectivity index (χ2v) is 4.11. The molecule has 1 heterocycles. The summed E-state index contributed by atoms with van der Waals surface area (Å²) in [5.74, 6) is -0.980. The van der Waals surface area contributed by atoms with Crippen molar-refractivity contribution in [3.05, 3.63) is 0 Å². The zero-order valence-corrected chi connectivity index (χ0v) is 10.4. The lowest BCUT2D eigenvalue weighted by atomic mass is 10.1. The summed E-state index contributed by atoms with van der Waals surface area (Å²) in [4.78, 5) is 25.7. The van der Waals surface area contributed by atoms with Crippen LogP contribution in [0.15, 0.2) is 0 Å². The first-order valence-electron chi connectivity index (χ1n) is 5.87. The minimum Gasteiger partial charge on any atom is -0.480 e. The molecule has 2 amide bonds. The molecule has 1 N–H and O–H groups in total. The summed E-state index contributed by atoms with van der Waals surface area (Å²) in [6.07, 6.45) is 1.84. The van der Waals surface area contributed by atoms with E-state index in [4.69, 9.17) is 9.84 Å². The van der Waals surface area contributed by atoms with Crippen LogP contribution in [-0.2, 0) is 9.53 Å². The smallest absolute Gasteiger partial charge is 0.323 e. The maximum Gasteiger partial charge on any atom is 0.323 e. The number of carboxylic acids is 1. The van der Waals surface area contributed by atoms with Crippen LogP contribution in [0.4, 0.5) is 4.79 Å². The lowest BCUT2D eigenvalue weighted by Crippen LogP contribution is -2.49. The van der Waals surface area contributed by atoms with Gasteiger partial charge in [0.15, 0.2) is 0 Å². The molecule has 0 spiro atoms. The average molecular weight is 244 g/mol. The molecule has 1 aliphatic heterocycles. The third-order valence-corrected chi connectivity index (χ3v) is 3.02. The number of likely N-dealkylation sites (tertiary alicyclic amines) is 1. The molecule has 6 heteroatoms. The number of urea groups is 1. The van der Waals surface area contributed by atoms with E-state index in [-0.39, 0.29) is 18.7 Å². The predicted octanol–water partition coefficient (Wildman–Crippen LogP) is 0.624. The van der Waals surface area contributed by atoms with Gasteiger partial charge in [-0.3, -0.25) is 4.79 Å². The monoisotopic (exact) mass is 244 g/mol. The number of rotatable bonds is 4. The molecular weight excluding hydrogens is 224 g/mol. The van der Waals surface area contributed by atoms with E-state index in [9.17, 15) is 9.59 Å². The summed E-state index contributed by atoms with van der Waals surface area (Å²) < 4.78 is 5.22. The van der Waals surface area contributed by atoms with Gasteiger partial charge in [0.05, 0.1) is 6.10 Å². The number of aliphatic carboxylic acids is 1. The molecule has 1 fully saturated rings. The van der Waals surface area contributed by atoms with Crippen molar-refractivity contribution in [1.82, 2.24) is 9.80 Å². The zero-order valence-electron chi connectivity index (χ0n) is 10.4. The molecule has 0 aromatic rings.